The van der Waals surface area contributed by atoms with Crippen LogP contribution in [0.4, 0.5) is 0 Å². The Kier molecular flexibility index (Phi) is 4.07. The van der Waals surface area contributed by atoms with Gasteiger partial charge in [0.05, 0.1) is 0 Å². The van der Waals surface area contributed by atoms with E-state index in [0.717, 1.165) is 0 Å². The molecule has 4 N–H and O–H groups in total. The van der Waals surface area contributed by atoms with E-state index in [0.29, 0.717) is 0 Å². The van der Waals surface area contributed by atoms with Crippen LogP contribution in [0.3, 0.4) is 0 Å². The highest BCUT2D eigenvalue weighted by Crippen LogP contribution is 1.89. The Balaban J connectivity index is 3.83. The monoisotopic (exact) mass is 160 g/mol. The molecule has 4 nitrogen and oxygen atoms in total. The fraction of sp³-hybridized carbons (Fsp3) is 0.857. The summed E-state index contributed by atoms with van der Waals surface area (Å²) in [4.78, 5) is 11.0. The minimum atomic E-state index is -1.10. The van der Waals surface area contributed by atoms with E-state index in [4.69, 9.17) is 10.8 Å². The van der Waals surface area contributed by atoms with Gasteiger partial charge in [0.15, 0.2) is 0 Å². The molecule has 66 valence electrons. The van der Waals surface area contributed by atoms with Crippen molar-refractivity contribution in [2.24, 2.45) is 5.73 Å². The van der Waals surface area contributed by atoms with Crippen molar-refractivity contribution in [2.75, 3.05) is 0 Å². The summed E-state index contributed by atoms with van der Waals surface area (Å²) in [5.41, 5.74) is 5.30. The molecule has 0 saturated carbocycles. The fourth-order valence-electron chi connectivity index (χ4n) is 0.609. The molecule has 0 aromatic carbocycles. The zero-order valence-corrected chi connectivity index (χ0v) is 7.16. The van der Waals surface area contributed by atoms with Crippen LogP contribution in [0, 0.1) is 0 Å². The Labute approximate surface area is 66.8 Å². The minimum Gasteiger partial charge on any atom is -0.382 e. The van der Waals surface area contributed by atoms with Crippen LogP contribution in [0.2, 0.25) is 0 Å². The lowest BCUT2D eigenvalue weighted by Crippen LogP contribution is -2.46. The van der Waals surface area contributed by atoms with Crippen LogP contribution >= 0.6 is 0 Å². The van der Waals surface area contributed by atoms with Gasteiger partial charge in [-0.3, -0.25) is 4.79 Å². The molecule has 0 aliphatic rings. The number of hydrogen-bond donors (Lipinski definition) is 3. The van der Waals surface area contributed by atoms with Crippen LogP contribution in [-0.2, 0) is 4.79 Å². The predicted octanol–water partition coefficient (Wildman–Crippen LogP) is -0.781. The highest BCUT2D eigenvalue weighted by atomic mass is 16.3. The number of nitrogens with one attached hydrogen (secondary N) is 1. The van der Waals surface area contributed by atoms with Crippen molar-refractivity contribution in [3.8, 4) is 0 Å². The van der Waals surface area contributed by atoms with Crippen molar-refractivity contribution >= 4 is 5.91 Å². The molecule has 0 spiro atoms. The van der Waals surface area contributed by atoms with E-state index in [1.54, 1.807) is 6.92 Å². The summed E-state index contributed by atoms with van der Waals surface area (Å²) in [5, 5.41) is 11.7. The van der Waals surface area contributed by atoms with Crippen molar-refractivity contribution in [2.45, 2.75) is 39.0 Å². The molecule has 2 atom stereocenters. The normalized spacial score (nSPS) is 16.2. The first-order valence-electron chi connectivity index (χ1n) is 3.69. The summed E-state index contributed by atoms with van der Waals surface area (Å²) >= 11 is 0. The van der Waals surface area contributed by atoms with E-state index in [9.17, 15) is 4.79 Å². The first-order chi connectivity index (χ1) is 4.95. The molecular formula is C7H16N2O2. The molecule has 0 fully saturated rings. The summed E-state index contributed by atoms with van der Waals surface area (Å²) in [5.74, 6) is -0.407. The number of nitrogens with two attached hydrogens (primary N) is 1. The number of aliphatic hydroxyl groups is 1. The van der Waals surface area contributed by atoms with Crippen molar-refractivity contribution in [3.63, 3.8) is 0 Å². The fourth-order valence-corrected chi connectivity index (χ4v) is 0.609. The smallest absolute Gasteiger partial charge is 0.250 e. The Morgan fingerprint density at radius 2 is 1.91 bits per heavy atom. The SMILES string of the molecule is CC(C)NC(=O)C(O)C(C)N. The van der Waals surface area contributed by atoms with E-state index in [2.05, 4.69) is 5.32 Å². The molecule has 0 aliphatic carbocycles. The molecule has 0 radical (unpaired) electrons. The zero-order valence-electron chi connectivity index (χ0n) is 7.16. The largest absolute Gasteiger partial charge is 0.382 e. The van der Waals surface area contributed by atoms with Gasteiger partial charge in [0.25, 0.3) is 5.91 Å². The van der Waals surface area contributed by atoms with Gasteiger partial charge in [-0.05, 0) is 20.8 Å². The van der Waals surface area contributed by atoms with E-state index in [1.165, 1.54) is 0 Å². The lowest BCUT2D eigenvalue weighted by Gasteiger charge is -2.15. The molecule has 1 amide bonds. The number of carbonyl (C=O) groups excluding carboxylic acids is 1. The minimum absolute atomic E-state index is 0.0379. The third-order valence-corrected chi connectivity index (χ3v) is 1.20. The van der Waals surface area contributed by atoms with Crippen molar-refractivity contribution in [1.82, 2.24) is 5.32 Å². The lowest BCUT2D eigenvalue weighted by atomic mass is 10.2. The third kappa shape index (κ3) is 3.95. The van der Waals surface area contributed by atoms with Gasteiger partial charge in [-0.15, -0.1) is 0 Å². The predicted molar refractivity (Wildman–Crippen MR) is 42.9 cm³/mol. The van der Waals surface area contributed by atoms with Gasteiger partial charge >= 0.3 is 0 Å². The van der Waals surface area contributed by atoms with Crippen LogP contribution in [-0.4, -0.2) is 29.2 Å². The lowest BCUT2D eigenvalue weighted by molar-refractivity contribution is -0.130. The second-order valence-electron chi connectivity index (χ2n) is 2.97. The summed E-state index contributed by atoms with van der Waals surface area (Å²) < 4.78 is 0. The maximum atomic E-state index is 11.0. The molecule has 0 aromatic heterocycles. The van der Waals surface area contributed by atoms with Crippen LogP contribution < -0.4 is 11.1 Å². The van der Waals surface area contributed by atoms with Crippen LogP contribution in [0.5, 0.6) is 0 Å². The second-order valence-corrected chi connectivity index (χ2v) is 2.97. The average Bonchev–Trinajstić information content (AvgIpc) is 1.84. The van der Waals surface area contributed by atoms with Crippen LogP contribution in [0.25, 0.3) is 0 Å². The van der Waals surface area contributed by atoms with E-state index < -0.39 is 18.1 Å². The number of aliphatic hydroxyl groups excluding tert-OH is 1. The van der Waals surface area contributed by atoms with Gasteiger partial charge in [-0.1, -0.05) is 0 Å². The molecule has 0 saturated heterocycles. The van der Waals surface area contributed by atoms with Crippen molar-refractivity contribution in [3.05, 3.63) is 0 Å². The second kappa shape index (κ2) is 4.31. The molecule has 0 rings (SSSR count). The van der Waals surface area contributed by atoms with Gasteiger partial charge < -0.3 is 16.2 Å². The zero-order chi connectivity index (χ0) is 9.02. The molecule has 2 unspecified atom stereocenters. The number of hydrogen-bond acceptors (Lipinski definition) is 3. The van der Waals surface area contributed by atoms with Gasteiger partial charge in [0, 0.05) is 12.1 Å². The first kappa shape index (κ1) is 10.4. The van der Waals surface area contributed by atoms with Gasteiger partial charge in [-0.25, -0.2) is 0 Å². The molecule has 0 bridgehead atoms. The summed E-state index contributed by atoms with van der Waals surface area (Å²) in [7, 11) is 0. The standard InChI is InChI=1S/C7H16N2O2/c1-4(2)9-7(11)6(10)5(3)8/h4-6,10H,8H2,1-3H3,(H,9,11). The molecule has 0 aromatic rings. The Morgan fingerprint density at radius 3 is 2.18 bits per heavy atom. The first-order valence-corrected chi connectivity index (χ1v) is 3.69. The number of amides is 1. The quantitative estimate of drug-likeness (QED) is 0.507. The summed E-state index contributed by atoms with van der Waals surface area (Å²) in [6, 6.07) is -0.482. The Morgan fingerprint density at radius 1 is 1.45 bits per heavy atom. The Hall–Kier alpha value is -0.610. The highest BCUT2D eigenvalue weighted by Gasteiger charge is 2.18. The maximum absolute atomic E-state index is 11.0. The maximum Gasteiger partial charge on any atom is 0.250 e. The molecular weight excluding hydrogens is 144 g/mol. The molecule has 0 heterocycles. The number of carbonyl (C=O) groups is 1. The average molecular weight is 160 g/mol. The number of rotatable bonds is 3. The van der Waals surface area contributed by atoms with Crippen molar-refractivity contribution in [1.29, 1.82) is 0 Å². The van der Waals surface area contributed by atoms with Crippen LogP contribution in [0.1, 0.15) is 20.8 Å². The highest BCUT2D eigenvalue weighted by molar-refractivity contribution is 5.81. The summed E-state index contributed by atoms with van der Waals surface area (Å²) in [6.45, 7) is 5.24. The Bertz CT molecular complexity index is 134. The molecule has 0 aliphatic heterocycles. The summed E-state index contributed by atoms with van der Waals surface area (Å²) in [6.07, 6.45) is -1.10. The van der Waals surface area contributed by atoms with Gasteiger partial charge in [-0.2, -0.15) is 0 Å². The van der Waals surface area contributed by atoms with E-state index in [1.807, 2.05) is 13.8 Å². The van der Waals surface area contributed by atoms with Crippen molar-refractivity contribution < 1.29 is 9.90 Å². The third-order valence-electron chi connectivity index (χ3n) is 1.20. The van der Waals surface area contributed by atoms with E-state index in [-0.39, 0.29) is 6.04 Å². The topological polar surface area (TPSA) is 75.3 Å². The molecule has 4 heteroatoms. The van der Waals surface area contributed by atoms with Gasteiger partial charge in [0.1, 0.15) is 6.10 Å². The molecule has 11 heavy (non-hydrogen) atoms. The van der Waals surface area contributed by atoms with E-state index >= 15 is 0 Å². The van der Waals surface area contributed by atoms with Crippen LogP contribution in [0.15, 0.2) is 0 Å². The van der Waals surface area contributed by atoms with Gasteiger partial charge in [0.2, 0.25) is 0 Å².